The van der Waals surface area contributed by atoms with E-state index in [1.165, 1.54) is 11.8 Å². The maximum absolute atomic E-state index is 12.0. The molecule has 1 saturated heterocycles. The monoisotopic (exact) mass is 491 g/mol. The molecule has 172 valence electrons. The van der Waals surface area contributed by atoms with E-state index in [0.29, 0.717) is 13.1 Å². The number of rotatable bonds is 8. The smallest absolute Gasteiger partial charge is 0.211 e. The Morgan fingerprint density at radius 1 is 1.22 bits per heavy atom. The van der Waals surface area contributed by atoms with Gasteiger partial charge in [0.25, 0.3) is 0 Å². The fourth-order valence-corrected chi connectivity index (χ4v) is 6.64. The summed E-state index contributed by atoms with van der Waals surface area (Å²) >= 11 is 3.30. The first kappa shape index (κ1) is 23.4. The highest BCUT2D eigenvalue weighted by molar-refractivity contribution is 7.98. The summed E-state index contributed by atoms with van der Waals surface area (Å²) in [6, 6.07) is 8.44. The summed E-state index contributed by atoms with van der Waals surface area (Å²) in [5.41, 5.74) is 3.41. The third-order valence-corrected chi connectivity index (χ3v) is 8.82. The van der Waals surface area contributed by atoms with Crippen molar-refractivity contribution in [3.05, 3.63) is 46.7 Å². The molecule has 4 rings (SSSR count). The van der Waals surface area contributed by atoms with Gasteiger partial charge in [0, 0.05) is 42.2 Å². The van der Waals surface area contributed by atoms with Gasteiger partial charge in [-0.2, -0.15) is 0 Å². The minimum Gasteiger partial charge on any atom is -0.306 e. The summed E-state index contributed by atoms with van der Waals surface area (Å²) < 4.78 is 27.8. The molecule has 1 aliphatic rings. The van der Waals surface area contributed by atoms with Gasteiger partial charge in [0.1, 0.15) is 10.8 Å². The number of aryl methyl sites for hydroxylation is 1. The Kier molecular flexibility index (Phi) is 7.34. The van der Waals surface area contributed by atoms with Gasteiger partial charge in [0.05, 0.1) is 11.9 Å². The highest BCUT2D eigenvalue weighted by atomic mass is 32.2. The van der Waals surface area contributed by atoms with E-state index in [9.17, 15) is 8.42 Å². The summed E-state index contributed by atoms with van der Waals surface area (Å²) in [5, 5.41) is 13.0. The molecule has 7 nitrogen and oxygen atoms in total. The average Bonchev–Trinajstić information content (AvgIpc) is 3.40. The molecule has 1 fully saturated rings. The molecule has 0 radical (unpaired) electrons. The van der Waals surface area contributed by atoms with E-state index in [-0.39, 0.29) is 5.92 Å². The predicted molar refractivity (Wildman–Crippen MR) is 131 cm³/mol. The Morgan fingerprint density at radius 3 is 2.72 bits per heavy atom. The fourth-order valence-electron chi connectivity index (χ4n) is 3.94. The Balaban J connectivity index is 1.48. The van der Waals surface area contributed by atoms with Crippen LogP contribution in [0.1, 0.15) is 49.2 Å². The minimum absolute atomic E-state index is 0.0827. The Bertz CT molecular complexity index is 1150. The second-order valence-electron chi connectivity index (χ2n) is 8.25. The lowest BCUT2D eigenvalue weighted by atomic mass is 9.99. The predicted octanol–water partition coefficient (Wildman–Crippen LogP) is 4.55. The van der Waals surface area contributed by atoms with Crippen LogP contribution in [0.3, 0.4) is 0 Å². The molecule has 0 aliphatic carbocycles. The number of aromatic nitrogens is 4. The van der Waals surface area contributed by atoms with Crippen LogP contribution in [-0.2, 0) is 22.3 Å². The Hall–Kier alpha value is -1.75. The molecule has 1 unspecified atom stereocenters. The number of nitrogens with zero attached hydrogens (tertiary/aromatic N) is 5. The second-order valence-corrected chi connectivity index (χ2v) is 12.0. The zero-order valence-electron chi connectivity index (χ0n) is 18.7. The third kappa shape index (κ3) is 5.41. The molecule has 1 atom stereocenters. The van der Waals surface area contributed by atoms with Gasteiger partial charge in [-0.05, 0) is 26.2 Å². The van der Waals surface area contributed by atoms with Gasteiger partial charge in [-0.25, -0.2) is 17.7 Å². The number of hydrogen-bond donors (Lipinski definition) is 0. The number of benzene rings is 1. The van der Waals surface area contributed by atoms with Crippen LogP contribution in [0, 0.1) is 6.92 Å². The van der Waals surface area contributed by atoms with E-state index in [1.54, 1.807) is 27.4 Å². The van der Waals surface area contributed by atoms with Crippen LogP contribution in [0.15, 0.2) is 34.8 Å². The van der Waals surface area contributed by atoms with Crippen molar-refractivity contribution >= 4 is 33.1 Å². The van der Waals surface area contributed by atoms with Crippen molar-refractivity contribution in [3.63, 3.8) is 0 Å². The van der Waals surface area contributed by atoms with E-state index in [0.717, 1.165) is 58.8 Å². The van der Waals surface area contributed by atoms with Gasteiger partial charge in [-0.1, -0.05) is 48.5 Å². The molecule has 1 aliphatic heterocycles. The highest BCUT2D eigenvalue weighted by Gasteiger charge is 2.30. The lowest BCUT2D eigenvalue weighted by Gasteiger charge is -2.30. The van der Waals surface area contributed by atoms with Crippen molar-refractivity contribution < 1.29 is 8.42 Å². The van der Waals surface area contributed by atoms with Crippen molar-refractivity contribution in [2.24, 2.45) is 0 Å². The number of thioether (sulfide) groups is 1. The van der Waals surface area contributed by atoms with Crippen molar-refractivity contribution in [2.45, 2.75) is 56.5 Å². The lowest BCUT2D eigenvalue weighted by molar-refractivity contribution is 0.305. The van der Waals surface area contributed by atoms with E-state index in [4.69, 9.17) is 4.98 Å². The summed E-state index contributed by atoms with van der Waals surface area (Å²) in [6.07, 6.45) is 4.03. The van der Waals surface area contributed by atoms with E-state index in [2.05, 4.69) is 58.3 Å². The molecule has 0 N–H and O–H groups in total. The van der Waals surface area contributed by atoms with Crippen molar-refractivity contribution in [1.82, 2.24) is 24.1 Å². The van der Waals surface area contributed by atoms with Gasteiger partial charge in [-0.3, -0.25) is 0 Å². The van der Waals surface area contributed by atoms with Gasteiger partial charge in [-0.15, -0.1) is 21.5 Å². The maximum atomic E-state index is 12.0. The average molecular weight is 492 g/mol. The Morgan fingerprint density at radius 2 is 2.00 bits per heavy atom. The van der Waals surface area contributed by atoms with Crippen LogP contribution in [0.4, 0.5) is 0 Å². The van der Waals surface area contributed by atoms with Crippen LogP contribution in [-0.4, -0.2) is 51.8 Å². The van der Waals surface area contributed by atoms with Crippen LogP contribution in [0.2, 0.25) is 0 Å². The SMILES string of the molecule is CCCn1c(SCc2csc(-c3ccc(C)cc3)n2)nnc1C1CCCN(S(C)(=O)=O)C1. The largest absolute Gasteiger partial charge is 0.306 e. The number of hydrogen-bond acceptors (Lipinski definition) is 7. The summed E-state index contributed by atoms with van der Waals surface area (Å²) in [5.74, 6) is 1.71. The molecular formula is C22H29N5O2S3. The molecule has 0 spiro atoms. The standard InChI is InChI=1S/C22H29N5O2S3/c1-4-11-27-20(18-6-5-12-26(13-18)32(3,28)29)24-25-22(27)31-15-19-14-30-21(23-19)17-9-7-16(2)8-10-17/h7-10,14,18H,4-6,11-13,15H2,1-3H3. The van der Waals surface area contributed by atoms with Crippen molar-refractivity contribution in [3.8, 4) is 10.6 Å². The third-order valence-electron chi connectivity index (χ3n) is 5.61. The van der Waals surface area contributed by atoms with Crippen molar-refractivity contribution in [1.29, 1.82) is 0 Å². The molecule has 10 heteroatoms. The number of thiazole rings is 1. The van der Waals surface area contributed by atoms with E-state index >= 15 is 0 Å². The molecule has 32 heavy (non-hydrogen) atoms. The van der Waals surface area contributed by atoms with Crippen LogP contribution >= 0.6 is 23.1 Å². The highest BCUT2D eigenvalue weighted by Crippen LogP contribution is 2.32. The first-order chi connectivity index (χ1) is 15.3. The van der Waals surface area contributed by atoms with E-state index < -0.39 is 10.0 Å². The van der Waals surface area contributed by atoms with Crippen LogP contribution in [0.5, 0.6) is 0 Å². The minimum atomic E-state index is -3.19. The summed E-state index contributed by atoms with van der Waals surface area (Å²) in [4.78, 5) is 4.80. The first-order valence-corrected chi connectivity index (χ1v) is 14.6. The van der Waals surface area contributed by atoms with Gasteiger partial charge >= 0.3 is 0 Å². The van der Waals surface area contributed by atoms with Gasteiger partial charge in [0.15, 0.2) is 5.16 Å². The van der Waals surface area contributed by atoms with Gasteiger partial charge in [0.2, 0.25) is 10.0 Å². The normalized spacial score (nSPS) is 17.7. The van der Waals surface area contributed by atoms with Crippen LogP contribution < -0.4 is 0 Å². The van der Waals surface area contributed by atoms with Crippen molar-refractivity contribution in [2.75, 3.05) is 19.3 Å². The molecule has 0 bridgehead atoms. The number of piperidine rings is 1. The Labute approximate surface area is 198 Å². The molecule has 0 saturated carbocycles. The summed E-state index contributed by atoms with van der Waals surface area (Å²) in [6.45, 7) is 6.12. The topological polar surface area (TPSA) is 81.0 Å². The molecule has 1 aromatic carbocycles. The van der Waals surface area contributed by atoms with E-state index in [1.807, 2.05) is 0 Å². The van der Waals surface area contributed by atoms with Gasteiger partial charge < -0.3 is 4.57 Å². The molecule has 3 heterocycles. The quantitative estimate of drug-likeness (QED) is 0.430. The molecular weight excluding hydrogens is 462 g/mol. The zero-order valence-corrected chi connectivity index (χ0v) is 21.1. The summed E-state index contributed by atoms with van der Waals surface area (Å²) in [7, 11) is -3.19. The maximum Gasteiger partial charge on any atom is 0.211 e. The zero-order chi connectivity index (χ0) is 22.7. The molecule has 0 amide bonds. The molecule has 2 aromatic heterocycles. The van der Waals surface area contributed by atoms with Crippen LogP contribution in [0.25, 0.3) is 10.6 Å². The second kappa shape index (κ2) is 10.0. The fraction of sp³-hybridized carbons (Fsp3) is 0.500. The lowest BCUT2D eigenvalue weighted by Crippen LogP contribution is -2.39. The first-order valence-electron chi connectivity index (χ1n) is 10.9. The number of sulfonamides is 1. The molecule has 3 aromatic rings.